The lowest BCUT2D eigenvalue weighted by Gasteiger charge is -2.36. The zero-order valence-electron chi connectivity index (χ0n) is 32.9. The first kappa shape index (κ1) is 41.1. The lowest BCUT2D eigenvalue weighted by molar-refractivity contribution is -0.148. The highest BCUT2D eigenvalue weighted by molar-refractivity contribution is 7.77. The van der Waals surface area contributed by atoms with Crippen LogP contribution in [-0.2, 0) is 30.4 Å². The molecule has 0 radical (unpaired) electrons. The first-order valence-corrected chi connectivity index (χ1v) is 20.4. The number of fused-ring (bicyclic) bond motifs is 1. The van der Waals surface area contributed by atoms with E-state index in [1.807, 2.05) is 6.07 Å². The summed E-state index contributed by atoms with van der Waals surface area (Å²) in [5.74, 6) is -6.15. The van der Waals surface area contributed by atoms with Gasteiger partial charge in [-0.3, -0.25) is 28.7 Å². The van der Waals surface area contributed by atoms with E-state index in [0.29, 0.717) is 46.6 Å². The number of likely N-dealkylation sites (tertiary alicyclic amines) is 2. The van der Waals surface area contributed by atoms with E-state index in [0.717, 1.165) is 9.21 Å². The number of aromatic nitrogens is 2. The SMILES string of the molecule is C=CC1C[C@]1(NC(=O)[C@@H]1C[C@@H](Oc2cc(-c3ccccn3)nc3cc(OC)ccc23)CN1C(=O)[C@@H](CC(=O)N1CCC(F)(F)C1)C(C)(C)C)C(=O)N(C1CC1)S(=O)O. The molecule has 0 bridgehead atoms. The normalized spacial score (nSPS) is 24.8. The summed E-state index contributed by atoms with van der Waals surface area (Å²) in [7, 11) is 1.54. The molecule has 2 aromatic heterocycles. The van der Waals surface area contributed by atoms with Gasteiger partial charge in [-0.05, 0) is 48.9 Å². The third-order valence-electron chi connectivity index (χ3n) is 11.6. The molecule has 7 rings (SSSR count). The van der Waals surface area contributed by atoms with Crippen LogP contribution < -0.4 is 14.8 Å². The fraction of sp³-hybridized carbons (Fsp3) is 0.512. The van der Waals surface area contributed by atoms with Crippen molar-refractivity contribution in [2.75, 3.05) is 26.7 Å². The second-order valence-electron chi connectivity index (χ2n) is 16.7. The fourth-order valence-corrected chi connectivity index (χ4v) is 8.78. The van der Waals surface area contributed by atoms with E-state index in [1.165, 1.54) is 11.0 Å². The maximum Gasteiger partial charge on any atom is 0.267 e. The van der Waals surface area contributed by atoms with Crippen molar-refractivity contribution in [2.24, 2.45) is 17.3 Å². The van der Waals surface area contributed by atoms with E-state index in [2.05, 4.69) is 16.9 Å². The van der Waals surface area contributed by atoms with Crippen molar-refractivity contribution in [1.29, 1.82) is 0 Å². The van der Waals surface area contributed by atoms with Crippen LogP contribution in [0.5, 0.6) is 11.5 Å². The molecular weight excluding hydrogens is 775 g/mol. The van der Waals surface area contributed by atoms with E-state index in [4.69, 9.17) is 14.5 Å². The van der Waals surface area contributed by atoms with Gasteiger partial charge in [-0.25, -0.2) is 22.3 Å². The Hall–Kier alpha value is -5.03. The largest absolute Gasteiger partial charge is 0.497 e. The Kier molecular flexibility index (Phi) is 11.1. The minimum atomic E-state index is -3.02. The van der Waals surface area contributed by atoms with Crippen LogP contribution in [0, 0.1) is 17.3 Å². The van der Waals surface area contributed by atoms with E-state index in [9.17, 15) is 36.7 Å². The van der Waals surface area contributed by atoms with E-state index in [1.54, 1.807) is 70.5 Å². The van der Waals surface area contributed by atoms with Crippen molar-refractivity contribution < 1.29 is 46.2 Å². The van der Waals surface area contributed by atoms with Gasteiger partial charge in [0.25, 0.3) is 23.1 Å². The number of carbonyl (C=O) groups excluding carboxylic acids is 4. The number of alkyl halides is 2. The molecule has 4 aliphatic rings. The molecule has 17 heteroatoms. The molecule has 2 N–H and O–H groups in total. The van der Waals surface area contributed by atoms with Gasteiger partial charge in [0, 0.05) is 61.5 Å². The molecule has 6 atom stereocenters. The van der Waals surface area contributed by atoms with Crippen LogP contribution in [0.2, 0.25) is 0 Å². The monoisotopic (exact) mass is 822 g/mol. The second-order valence-corrected chi connectivity index (χ2v) is 17.6. The molecule has 310 valence electrons. The number of benzene rings is 1. The highest BCUT2D eigenvalue weighted by Crippen LogP contribution is 2.48. The molecular formula is C41H48F2N6O8S. The minimum Gasteiger partial charge on any atom is -0.497 e. The zero-order chi connectivity index (χ0) is 41.7. The molecule has 14 nitrogen and oxygen atoms in total. The molecule has 3 aromatic rings. The number of hydrogen-bond acceptors (Lipinski definition) is 9. The topological polar surface area (TPSA) is 172 Å². The number of pyridine rings is 2. The molecule has 0 spiro atoms. The van der Waals surface area contributed by atoms with Gasteiger partial charge >= 0.3 is 0 Å². The van der Waals surface area contributed by atoms with Gasteiger partial charge < -0.3 is 24.6 Å². The van der Waals surface area contributed by atoms with Crippen LogP contribution in [0.25, 0.3) is 22.3 Å². The van der Waals surface area contributed by atoms with E-state index >= 15 is 0 Å². The molecule has 58 heavy (non-hydrogen) atoms. The minimum absolute atomic E-state index is 0.0269. The number of carbonyl (C=O) groups is 4. The number of ether oxygens (including phenoxy) is 2. The summed E-state index contributed by atoms with van der Waals surface area (Å²) >= 11 is -2.63. The van der Waals surface area contributed by atoms with Gasteiger partial charge in [0.1, 0.15) is 29.2 Å². The Labute approximate surface area is 337 Å². The van der Waals surface area contributed by atoms with Gasteiger partial charge in [-0.15, -0.1) is 6.58 Å². The third kappa shape index (κ3) is 8.28. The lowest BCUT2D eigenvalue weighted by atomic mass is 9.77. The summed E-state index contributed by atoms with van der Waals surface area (Å²) in [6.07, 6.45) is 2.75. The van der Waals surface area contributed by atoms with Gasteiger partial charge in [-0.1, -0.05) is 32.9 Å². The number of halogens is 2. The first-order chi connectivity index (χ1) is 27.4. The Morgan fingerprint density at radius 2 is 1.91 bits per heavy atom. The number of amides is 4. The quantitative estimate of drug-likeness (QED) is 0.181. The van der Waals surface area contributed by atoms with Crippen molar-refractivity contribution in [3.05, 3.63) is 61.3 Å². The van der Waals surface area contributed by atoms with Crippen molar-refractivity contribution >= 4 is 45.8 Å². The third-order valence-corrected chi connectivity index (χ3v) is 12.4. The number of rotatable bonds is 13. The molecule has 2 saturated heterocycles. The van der Waals surface area contributed by atoms with Crippen molar-refractivity contribution in [1.82, 2.24) is 29.4 Å². The molecule has 4 heterocycles. The van der Waals surface area contributed by atoms with Crippen LogP contribution in [0.15, 0.2) is 61.3 Å². The standard InChI is InChI=1S/C41H48F2N6O8S/c1-6-24-21-41(24,38(53)49(58(54)55)25-10-11-25)46-36(51)33-18-27(22-48(33)37(52)29(39(2,3)4)19-35(50)47-16-14-40(42,43)23-47)57-34-20-32(30-9-7-8-15-44-30)45-31-17-26(56-5)12-13-28(31)34/h6-9,12-13,15,17,20,24-25,27,29,33H,1,10-11,14,16,18-19,21-23H2,2-5H3,(H,46,51)(H,54,55)/t24?,27-,29-,33+,41-/m1/s1. The van der Waals surface area contributed by atoms with Crippen LogP contribution >= 0.6 is 0 Å². The molecule has 4 amide bonds. The average molecular weight is 823 g/mol. The molecule has 2 saturated carbocycles. The smallest absolute Gasteiger partial charge is 0.267 e. The lowest BCUT2D eigenvalue weighted by Crippen LogP contribution is -2.57. The summed E-state index contributed by atoms with van der Waals surface area (Å²) < 4.78 is 63.7. The highest BCUT2D eigenvalue weighted by atomic mass is 32.2. The molecule has 4 fully saturated rings. The summed E-state index contributed by atoms with van der Waals surface area (Å²) in [6.45, 7) is 8.15. The molecule has 2 aliphatic carbocycles. The van der Waals surface area contributed by atoms with Crippen LogP contribution in [0.1, 0.15) is 59.3 Å². The molecule has 1 aromatic carbocycles. The summed E-state index contributed by atoms with van der Waals surface area (Å²) in [6, 6.07) is 10.8. The fourth-order valence-electron chi connectivity index (χ4n) is 8.01. The number of methoxy groups -OCH3 is 1. The number of nitrogens with one attached hydrogen (secondary N) is 1. The van der Waals surface area contributed by atoms with Crippen molar-refractivity contribution in [3.63, 3.8) is 0 Å². The maximum atomic E-state index is 14.8. The van der Waals surface area contributed by atoms with Crippen molar-refractivity contribution in [2.45, 2.75) is 88.9 Å². The molecule has 2 unspecified atom stereocenters. The first-order valence-electron chi connectivity index (χ1n) is 19.4. The highest BCUT2D eigenvalue weighted by Gasteiger charge is 2.64. The predicted molar refractivity (Wildman–Crippen MR) is 210 cm³/mol. The Morgan fingerprint density at radius 1 is 1.16 bits per heavy atom. The second kappa shape index (κ2) is 15.6. The maximum absolute atomic E-state index is 14.8. The zero-order valence-corrected chi connectivity index (χ0v) is 33.7. The predicted octanol–water partition coefficient (Wildman–Crippen LogP) is 4.76. The summed E-state index contributed by atoms with van der Waals surface area (Å²) in [4.78, 5) is 68.4. The van der Waals surface area contributed by atoms with Crippen LogP contribution in [0.3, 0.4) is 0 Å². The Bertz CT molecular complexity index is 2150. The van der Waals surface area contributed by atoms with E-state index < -0.39 is 94.8 Å². The van der Waals surface area contributed by atoms with Gasteiger partial charge in [0.05, 0.1) is 43.0 Å². The van der Waals surface area contributed by atoms with Crippen LogP contribution in [-0.4, -0.2) is 113 Å². The Morgan fingerprint density at radius 3 is 2.50 bits per heavy atom. The number of hydrogen-bond donors (Lipinski definition) is 2. The summed E-state index contributed by atoms with van der Waals surface area (Å²) in [5, 5.41) is 3.48. The van der Waals surface area contributed by atoms with E-state index in [-0.39, 0.29) is 32.4 Å². The van der Waals surface area contributed by atoms with Crippen molar-refractivity contribution in [3.8, 4) is 22.9 Å². The van der Waals surface area contributed by atoms with Crippen LogP contribution in [0.4, 0.5) is 8.78 Å². The van der Waals surface area contributed by atoms with Gasteiger partial charge in [-0.2, -0.15) is 0 Å². The Balaban J connectivity index is 1.22. The van der Waals surface area contributed by atoms with Gasteiger partial charge in [0.15, 0.2) is 0 Å². The van der Waals surface area contributed by atoms with Gasteiger partial charge in [0.2, 0.25) is 17.7 Å². The summed E-state index contributed by atoms with van der Waals surface area (Å²) in [5.41, 5.74) is -0.772. The average Bonchev–Trinajstić information content (AvgIpc) is 4.07. The molecule has 2 aliphatic heterocycles. The number of nitrogens with zero attached hydrogens (tertiary/aromatic N) is 5.